The van der Waals surface area contributed by atoms with Gasteiger partial charge in [0.25, 0.3) is 0 Å². The minimum Gasteiger partial charge on any atom is -0.569 e. The Morgan fingerprint density at radius 2 is 2.22 bits per heavy atom. The van der Waals surface area contributed by atoms with Crippen molar-refractivity contribution >= 4 is 5.91 Å². The summed E-state index contributed by atoms with van der Waals surface area (Å²) in [5.41, 5.74) is -0.338. The van der Waals surface area contributed by atoms with Crippen LogP contribution in [-0.4, -0.2) is 52.6 Å². The summed E-state index contributed by atoms with van der Waals surface area (Å²) in [5.74, 6) is 0.0410. The monoisotopic (exact) mass is 258 g/mol. The second kappa shape index (κ2) is 5.41. The fraction of sp³-hybridized carbons (Fsp3) is 0.909. The van der Waals surface area contributed by atoms with Crippen LogP contribution in [0.3, 0.4) is 0 Å². The average Bonchev–Trinajstić information content (AvgIpc) is 2.64. The van der Waals surface area contributed by atoms with Crippen LogP contribution >= 0.6 is 0 Å². The Labute approximate surface area is 108 Å². The first-order chi connectivity index (χ1) is 8.25. The molecule has 1 atom stereocenters. The Kier molecular flexibility index (Phi) is 4.37. The molecule has 0 aliphatic carbocycles. The lowest BCUT2D eigenvalue weighted by Crippen LogP contribution is -2.42. The molecule has 1 aliphatic heterocycles. The Balaban J connectivity index is 2.53. The molecule has 1 heterocycles. The number of rotatable bonds is 4. The van der Waals surface area contributed by atoms with E-state index < -0.39 is 0 Å². The van der Waals surface area contributed by atoms with Gasteiger partial charge in [-0.15, -0.1) is 5.01 Å². The molecule has 0 bridgehead atoms. The molecule has 1 aliphatic rings. The molecule has 0 radical (unpaired) electrons. The summed E-state index contributed by atoms with van der Waals surface area (Å²) < 4.78 is 0. The van der Waals surface area contributed by atoms with Crippen molar-refractivity contribution in [3.05, 3.63) is 5.21 Å². The first kappa shape index (κ1) is 14.5. The van der Waals surface area contributed by atoms with E-state index in [0.717, 1.165) is 0 Å². The van der Waals surface area contributed by atoms with Gasteiger partial charge in [-0.05, 0) is 27.7 Å². The molecule has 0 aromatic carbocycles. The summed E-state index contributed by atoms with van der Waals surface area (Å²) in [5, 5.41) is 16.5. The smallest absolute Gasteiger partial charge is 0.233 e. The van der Waals surface area contributed by atoms with Gasteiger partial charge in [0.1, 0.15) is 0 Å². The van der Waals surface area contributed by atoms with Gasteiger partial charge in [0.05, 0.1) is 30.5 Å². The Bertz CT molecular complexity index is 338. The number of hydrogen-bond acceptors (Lipinski definition) is 4. The Morgan fingerprint density at radius 1 is 1.61 bits per heavy atom. The molecule has 1 rings (SSSR count). The number of likely N-dealkylation sites (tertiary alicyclic amines) is 1. The SMILES string of the molecule is CCN1C[C@H](O/N=[N+](\[O-])N(C)C(C)(C)C)CC1=O. The molecule has 0 spiro atoms. The van der Waals surface area contributed by atoms with E-state index in [9.17, 15) is 10.0 Å². The van der Waals surface area contributed by atoms with Crippen molar-refractivity contribution in [2.24, 2.45) is 5.28 Å². The lowest BCUT2D eigenvalue weighted by atomic mass is 10.1. The van der Waals surface area contributed by atoms with E-state index in [-0.39, 0.29) is 24.0 Å². The van der Waals surface area contributed by atoms with E-state index in [1.165, 1.54) is 5.01 Å². The standard InChI is InChI=1S/C11H22N4O3/c1-6-14-8-9(7-10(14)16)18-12-15(17)13(5)11(2,3)4/h9H,6-8H2,1-5H3/b15-12-/t9-/m1/s1. The minimum absolute atomic E-state index is 0.0410. The highest BCUT2D eigenvalue weighted by atomic mass is 16.7. The highest BCUT2D eigenvalue weighted by Crippen LogP contribution is 2.15. The van der Waals surface area contributed by atoms with Gasteiger partial charge in [0.2, 0.25) is 11.2 Å². The van der Waals surface area contributed by atoms with Crippen LogP contribution in [0.5, 0.6) is 0 Å². The second-order valence-electron chi connectivity index (χ2n) is 5.39. The predicted molar refractivity (Wildman–Crippen MR) is 65.3 cm³/mol. The lowest BCUT2D eigenvalue weighted by Gasteiger charge is -2.26. The highest BCUT2D eigenvalue weighted by molar-refractivity contribution is 5.78. The molecule has 1 fully saturated rings. The van der Waals surface area contributed by atoms with E-state index in [2.05, 4.69) is 5.28 Å². The number of carbonyl (C=O) groups excluding carboxylic acids is 1. The number of amides is 1. The van der Waals surface area contributed by atoms with Gasteiger partial charge in [-0.25, -0.2) is 0 Å². The largest absolute Gasteiger partial charge is 0.569 e. The number of likely N-dealkylation sites (N-methyl/N-ethyl adjacent to an activating group) is 1. The molecule has 7 nitrogen and oxygen atoms in total. The molecular formula is C11H22N4O3. The molecule has 1 saturated heterocycles. The quantitative estimate of drug-likeness (QED) is 0.431. The van der Waals surface area contributed by atoms with Gasteiger partial charge in [-0.2, -0.15) is 0 Å². The van der Waals surface area contributed by atoms with Crippen molar-refractivity contribution in [1.82, 2.24) is 9.91 Å². The van der Waals surface area contributed by atoms with Gasteiger partial charge in [-0.1, -0.05) is 0 Å². The molecule has 0 aromatic heterocycles. The Hall–Kier alpha value is -1.53. The minimum atomic E-state index is -0.338. The molecule has 7 heteroatoms. The Morgan fingerprint density at radius 3 is 2.67 bits per heavy atom. The zero-order chi connectivity index (χ0) is 13.9. The number of carbonyl (C=O) groups is 1. The number of hydrazine groups is 1. The van der Waals surface area contributed by atoms with E-state index >= 15 is 0 Å². The second-order valence-corrected chi connectivity index (χ2v) is 5.39. The first-order valence-corrected chi connectivity index (χ1v) is 6.11. The maximum atomic E-state index is 11.6. The van der Waals surface area contributed by atoms with Gasteiger partial charge >= 0.3 is 0 Å². The summed E-state index contributed by atoms with van der Waals surface area (Å²) >= 11 is 0. The van der Waals surface area contributed by atoms with Gasteiger partial charge in [0.15, 0.2) is 6.10 Å². The molecule has 0 N–H and O–H groups in total. The van der Waals surface area contributed by atoms with E-state index in [4.69, 9.17) is 4.84 Å². The van der Waals surface area contributed by atoms with Gasteiger partial charge in [0, 0.05) is 6.54 Å². The van der Waals surface area contributed by atoms with Crippen LogP contribution in [0.15, 0.2) is 5.28 Å². The topological polar surface area (TPSA) is 71.2 Å². The number of nitrogens with zero attached hydrogens (tertiary/aromatic N) is 4. The number of hydrogen-bond donors (Lipinski definition) is 0. The van der Waals surface area contributed by atoms with Crippen LogP contribution < -0.4 is 0 Å². The van der Waals surface area contributed by atoms with Crippen molar-refractivity contribution in [2.45, 2.75) is 45.8 Å². The molecule has 104 valence electrons. The summed E-state index contributed by atoms with van der Waals surface area (Å²) in [4.78, 5) is 18.7. The molecule has 0 unspecified atom stereocenters. The van der Waals surface area contributed by atoms with Crippen molar-refractivity contribution in [3.8, 4) is 0 Å². The van der Waals surface area contributed by atoms with Crippen LogP contribution in [0.25, 0.3) is 0 Å². The van der Waals surface area contributed by atoms with Gasteiger partial charge < -0.3 is 14.9 Å². The molecule has 0 aromatic rings. The van der Waals surface area contributed by atoms with Crippen molar-refractivity contribution in [3.63, 3.8) is 0 Å². The van der Waals surface area contributed by atoms with Crippen LogP contribution in [0, 0.1) is 5.21 Å². The van der Waals surface area contributed by atoms with Crippen LogP contribution in [0.2, 0.25) is 0 Å². The zero-order valence-corrected chi connectivity index (χ0v) is 11.7. The molecule has 1 amide bonds. The molecular weight excluding hydrogens is 236 g/mol. The van der Waals surface area contributed by atoms with E-state index in [1.54, 1.807) is 11.9 Å². The lowest BCUT2D eigenvalue weighted by molar-refractivity contribution is -0.720. The zero-order valence-electron chi connectivity index (χ0n) is 11.7. The van der Waals surface area contributed by atoms with Crippen LogP contribution in [0.4, 0.5) is 0 Å². The summed E-state index contributed by atoms with van der Waals surface area (Å²) in [6, 6.07) is 0. The van der Waals surface area contributed by atoms with Crippen molar-refractivity contribution in [1.29, 1.82) is 0 Å². The maximum Gasteiger partial charge on any atom is 0.233 e. The fourth-order valence-corrected chi connectivity index (χ4v) is 1.53. The normalized spacial score (nSPS) is 21.4. The van der Waals surface area contributed by atoms with Crippen molar-refractivity contribution in [2.75, 3.05) is 20.1 Å². The van der Waals surface area contributed by atoms with E-state index in [0.29, 0.717) is 18.1 Å². The fourth-order valence-electron chi connectivity index (χ4n) is 1.53. The summed E-state index contributed by atoms with van der Waals surface area (Å²) in [6.07, 6.45) is -0.0491. The molecule has 0 saturated carbocycles. The van der Waals surface area contributed by atoms with Crippen LogP contribution in [0.1, 0.15) is 34.1 Å². The van der Waals surface area contributed by atoms with Gasteiger partial charge in [-0.3, -0.25) is 4.79 Å². The predicted octanol–water partition coefficient (Wildman–Crippen LogP) is 1.15. The first-order valence-electron chi connectivity index (χ1n) is 6.11. The third kappa shape index (κ3) is 3.48. The molecule has 18 heavy (non-hydrogen) atoms. The average molecular weight is 258 g/mol. The highest BCUT2D eigenvalue weighted by Gasteiger charge is 2.31. The third-order valence-electron chi connectivity index (χ3n) is 3.05. The van der Waals surface area contributed by atoms with Crippen molar-refractivity contribution < 1.29 is 14.6 Å². The summed E-state index contributed by atoms with van der Waals surface area (Å²) in [7, 11) is 1.64. The van der Waals surface area contributed by atoms with E-state index in [1.807, 2.05) is 27.7 Å². The van der Waals surface area contributed by atoms with Crippen LogP contribution in [-0.2, 0) is 9.63 Å². The third-order valence-corrected chi connectivity index (χ3v) is 3.05. The maximum absolute atomic E-state index is 11.6. The summed E-state index contributed by atoms with van der Waals surface area (Å²) in [6.45, 7) is 8.74.